The minimum atomic E-state index is -0.669. The molecule has 63 heavy (non-hydrogen) atoms. The fourth-order valence-corrected chi connectivity index (χ4v) is 10.1. The molecule has 0 fully saturated rings. The van der Waals surface area contributed by atoms with Crippen molar-refractivity contribution in [3.63, 3.8) is 0 Å². The molecule has 2 nitrogen and oxygen atoms in total. The Morgan fingerprint density at radius 1 is 0.333 bits per heavy atom. The van der Waals surface area contributed by atoms with Gasteiger partial charge in [-0.1, -0.05) is 206 Å². The van der Waals surface area contributed by atoms with Crippen molar-refractivity contribution in [3.8, 4) is 44.5 Å². The third-order valence-electron chi connectivity index (χ3n) is 12.9. The molecule has 1 aliphatic carbocycles. The minimum absolute atomic E-state index is 0.669. The van der Waals surface area contributed by atoms with Crippen LogP contribution in [0.25, 0.3) is 66.4 Å². The summed E-state index contributed by atoms with van der Waals surface area (Å²) in [6.45, 7) is 0. The summed E-state index contributed by atoms with van der Waals surface area (Å²) in [6.07, 6.45) is 0. The smallest absolute Gasteiger partial charge is 0.137 e. The molecule has 0 unspecified atom stereocenters. The Kier molecular flexibility index (Phi) is 8.76. The van der Waals surface area contributed by atoms with E-state index in [0.717, 1.165) is 44.6 Å². The first-order chi connectivity index (χ1) is 31.3. The molecule has 0 spiro atoms. The molecule has 0 radical (unpaired) electrons. The molecule has 296 valence electrons. The second kappa shape index (κ2) is 15.1. The number of nitrogens with zero attached hydrogens (tertiary/aromatic N) is 1. The van der Waals surface area contributed by atoms with E-state index in [0.29, 0.717) is 0 Å². The molecular formula is C61H41NO. The van der Waals surface area contributed by atoms with Gasteiger partial charge in [-0.25, -0.2) is 0 Å². The van der Waals surface area contributed by atoms with Crippen LogP contribution in [0.5, 0.6) is 0 Å². The summed E-state index contributed by atoms with van der Waals surface area (Å²) < 4.78 is 6.99. The van der Waals surface area contributed by atoms with E-state index >= 15 is 0 Å². The standard InChI is InChI=1S/C61H41NO/c1-6-18-42(19-7-1)44-30-32-45(33-31-44)46-34-37-51(38-35-46)62(50-26-14-5-15-27-50)60-58-52-39-36-47(43-20-8-2-9-21-43)40-54(52)61(48-22-10-3-11-23-48,49-24-12-4-13-25-49)55(58)41-57-59(60)53-28-16-17-29-56(53)63-57/h1-41H. The quantitative estimate of drug-likeness (QED) is 0.152. The summed E-state index contributed by atoms with van der Waals surface area (Å²) in [4.78, 5) is 2.46. The fourth-order valence-electron chi connectivity index (χ4n) is 10.1. The van der Waals surface area contributed by atoms with Crippen LogP contribution < -0.4 is 4.90 Å². The van der Waals surface area contributed by atoms with Crippen LogP contribution >= 0.6 is 0 Å². The largest absolute Gasteiger partial charge is 0.456 e. The van der Waals surface area contributed by atoms with Crippen molar-refractivity contribution in [3.05, 3.63) is 271 Å². The van der Waals surface area contributed by atoms with Gasteiger partial charge in [0.2, 0.25) is 0 Å². The van der Waals surface area contributed by atoms with Crippen LogP contribution in [-0.4, -0.2) is 0 Å². The second-order valence-corrected chi connectivity index (χ2v) is 16.4. The Bertz CT molecular complexity index is 3360. The second-order valence-electron chi connectivity index (χ2n) is 16.4. The summed E-state index contributed by atoms with van der Waals surface area (Å²) in [5.74, 6) is 0. The van der Waals surface area contributed by atoms with Crippen LogP contribution in [0.2, 0.25) is 0 Å². The molecule has 2 heteroatoms. The summed E-state index contributed by atoms with van der Waals surface area (Å²) >= 11 is 0. The number of rotatable bonds is 8. The van der Waals surface area contributed by atoms with Crippen LogP contribution in [0, 0.1) is 0 Å². The molecule has 0 saturated carbocycles. The van der Waals surface area contributed by atoms with E-state index in [9.17, 15) is 0 Å². The van der Waals surface area contributed by atoms with Gasteiger partial charge in [0.1, 0.15) is 11.2 Å². The minimum Gasteiger partial charge on any atom is -0.456 e. The number of fused-ring (bicyclic) bond motifs is 6. The van der Waals surface area contributed by atoms with E-state index in [1.807, 2.05) is 0 Å². The highest BCUT2D eigenvalue weighted by Gasteiger charge is 2.49. The van der Waals surface area contributed by atoms with Crippen molar-refractivity contribution in [2.75, 3.05) is 4.90 Å². The van der Waals surface area contributed by atoms with Gasteiger partial charge in [0.15, 0.2) is 0 Å². The lowest BCUT2D eigenvalue weighted by molar-refractivity contribution is 0.666. The van der Waals surface area contributed by atoms with Crippen molar-refractivity contribution >= 4 is 39.0 Å². The van der Waals surface area contributed by atoms with Gasteiger partial charge in [-0.05, 0) is 104 Å². The van der Waals surface area contributed by atoms with Gasteiger partial charge in [0.25, 0.3) is 0 Å². The van der Waals surface area contributed by atoms with E-state index in [1.165, 1.54) is 61.2 Å². The first-order valence-electron chi connectivity index (χ1n) is 21.7. The zero-order valence-electron chi connectivity index (χ0n) is 34.5. The van der Waals surface area contributed by atoms with Gasteiger partial charge < -0.3 is 9.32 Å². The number of furan rings is 1. The first kappa shape index (κ1) is 36.6. The molecule has 11 aromatic rings. The molecular weight excluding hydrogens is 763 g/mol. The predicted molar refractivity (Wildman–Crippen MR) is 262 cm³/mol. The summed E-state index contributed by atoms with van der Waals surface area (Å²) in [5, 5.41) is 2.17. The normalized spacial score (nSPS) is 12.6. The Balaban J connectivity index is 1.16. The Morgan fingerprint density at radius 3 is 1.37 bits per heavy atom. The summed E-state index contributed by atoms with van der Waals surface area (Å²) in [7, 11) is 0. The van der Waals surface area contributed by atoms with E-state index in [1.54, 1.807) is 0 Å². The van der Waals surface area contributed by atoms with Gasteiger partial charge >= 0.3 is 0 Å². The summed E-state index contributed by atoms with van der Waals surface area (Å²) in [6, 6.07) is 90.1. The monoisotopic (exact) mass is 803 g/mol. The molecule has 10 aromatic carbocycles. The number of anilines is 3. The van der Waals surface area contributed by atoms with Gasteiger partial charge in [-0.15, -0.1) is 0 Å². The molecule has 1 heterocycles. The lowest BCUT2D eigenvalue weighted by atomic mass is 9.67. The van der Waals surface area contributed by atoms with E-state index in [-0.39, 0.29) is 0 Å². The van der Waals surface area contributed by atoms with E-state index < -0.39 is 5.41 Å². The fraction of sp³-hybridized carbons (Fsp3) is 0.0164. The zero-order chi connectivity index (χ0) is 41.7. The Hall–Kier alpha value is -8.20. The topological polar surface area (TPSA) is 16.4 Å². The highest BCUT2D eigenvalue weighted by atomic mass is 16.3. The highest BCUT2D eigenvalue weighted by Crippen LogP contribution is 2.62. The van der Waals surface area contributed by atoms with Gasteiger partial charge in [-0.2, -0.15) is 0 Å². The van der Waals surface area contributed by atoms with Crippen LogP contribution in [0.3, 0.4) is 0 Å². The lowest BCUT2D eigenvalue weighted by Gasteiger charge is -2.35. The molecule has 0 amide bonds. The lowest BCUT2D eigenvalue weighted by Crippen LogP contribution is -2.28. The molecule has 0 bridgehead atoms. The molecule has 12 rings (SSSR count). The molecule has 0 N–H and O–H groups in total. The Labute approximate surface area is 367 Å². The molecule has 1 aromatic heterocycles. The zero-order valence-corrected chi connectivity index (χ0v) is 34.5. The van der Waals surface area contributed by atoms with Gasteiger partial charge in [-0.3, -0.25) is 0 Å². The maximum atomic E-state index is 6.99. The van der Waals surface area contributed by atoms with E-state index in [4.69, 9.17) is 4.42 Å². The number of hydrogen-bond acceptors (Lipinski definition) is 2. The van der Waals surface area contributed by atoms with Crippen LogP contribution in [-0.2, 0) is 5.41 Å². The van der Waals surface area contributed by atoms with Gasteiger partial charge in [0.05, 0.1) is 16.5 Å². The third kappa shape index (κ3) is 5.95. The van der Waals surface area contributed by atoms with Crippen molar-refractivity contribution in [1.29, 1.82) is 0 Å². The van der Waals surface area contributed by atoms with Crippen molar-refractivity contribution in [2.24, 2.45) is 0 Å². The average molecular weight is 804 g/mol. The van der Waals surface area contributed by atoms with Crippen LogP contribution in [0.1, 0.15) is 22.3 Å². The predicted octanol–water partition coefficient (Wildman–Crippen LogP) is 16.4. The molecule has 0 saturated heterocycles. The molecule has 0 atom stereocenters. The maximum absolute atomic E-state index is 6.99. The third-order valence-corrected chi connectivity index (χ3v) is 12.9. The molecule has 1 aliphatic rings. The van der Waals surface area contributed by atoms with E-state index in [2.05, 4.69) is 254 Å². The number of hydrogen-bond donors (Lipinski definition) is 0. The highest BCUT2D eigenvalue weighted by molar-refractivity contribution is 6.19. The van der Waals surface area contributed by atoms with Crippen molar-refractivity contribution in [2.45, 2.75) is 5.41 Å². The first-order valence-corrected chi connectivity index (χ1v) is 21.7. The maximum Gasteiger partial charge on any atom is 0.137 e. The van der Waals surface area contributed by atoms with Crippen LogP contribution in [0.4, 0.5) is 17.1 Å². The number of benzene rings is 10. The average Bonchev–Trinajstić information content (AvgIpc) is 3.89. The Morgan fingerprint density at radius 2 is 0.778 bits per heavy atom. The molecule has 0 aliphatic heterocycles. The SMILES string of the molecule is c1ccc(-c2ccc(-c3ccc(N(c4ccccc4)c4c5c(cc6oc7ccccc7c46)C(c4ccccc4)(c4ccccc4)c4cc(-c6ccccc6)ccc4-5)cc3)cc2)cc1. The van der Waals surface area contributed by atoms with Crippen LogP contribution in [0.15, 0.2) is 253 Å². The van der Waals surface area contributed by atoms with Crippen molar-refractivity contribution < 1.29 is 4.42 Å². The number of para-hydroxylation sites is 2. The van der Waals surface area contributed by atoms with Gasteiger partial charge in [0, 0.05) is 22.3 Å². The summed E-state index contributed by atoms with van der Waals surface area (Å²) in [5.41, 5.74) is 18.7. The van der Waals surface area contributed by atoms with Crippen molar-refractivity contribution in [1.82, 2.24) is 0 Å².